The quantitative estimate of drug-likeness (QED) is 0.557. The lowest BCUT2D eigenvalue weighted by molar-refractivity contribution is 0.917. The van der Waals surface area contributed by atoms with E-state index in [1.807, 2.05) is 0 Å². The van der Waals surface area contributed by atoms with Gasteiger partial charge in [0, 0.05) is 24.3 Å². The van der Waals surface area contributed by atoms with Crippen molar-refractivity contribution in [1.82, 2.24) is 0 Å². The molecule has 0 spiro atoms. The topological polar surface area (TPSA) is 3.24 Å². The molecule has 0 heterocycles. The minimum absolute atomic E-state index is 0.763. The number of benzene rings is 1. The van der Waals surface area contributed by atoms with Crippen molar-refractivity contribution < 1.29 is 0 Å². The third-order valence-electron chi connectivity index (χ3n) is 2.85. The fraction of sp³-hybridized carbons (Fsp3) is 0.429. The molecule has 1 aromatic carbocycles. The van der Waals surface area contributed by atoms with E-state index in [4.69, 9.17) is 0 Å². The van der Waals surface area contributed by atoms with Crippen molar-refractivity contribution in [2.75, 3.05) is 11.9 Å². The van der Waals surface area contributed by atoms with Gasteiger partial charge in [-0.1, -0.05) is 25.1 Å². The summed E-state index contributed by atoms with van der Waals surface area (Å²) in [5.41, 5.74) is 5.81. The second-order valence-electron chi connectivity index (χ2n) is 4.82. The maximum absolute atomic E-state index is 3.34. The highest BCUT2D eigenvalue weighted by molar-refractivity contribution is 6.64. The zero-order valence-corrected chi connectivity index (χ0v) is 11.5. The molecule has 2 rings (SSSR count). The van der Waals surface area contributed by atoms with Gasteiger partial charge in [0.05, 0.1) is 0 Å². The summed E-state index contributed by atoms with van der Waals surface area (Å²) in [6.45, 7) is 4.51. The molecule has 0 aromatic heterocycles. The number of nitrogens with zero attached hydrogens (tertiary/aromatic N) is 1. The monoisotopic (exact) mass is 229 g/mol. The Hall–Kier alpha value is -1.20. The average molecular weight is 229 g/mol. The molecule has 1 aliphatic carbocycles. The van der Waals surface area contributed by atoms with E-state index >= 15 is 0 Å². The van der Waals surface area contributed by atoms with Gasteiger partial charge in [-0.3, -0.25) is 0 Å². The molecule has 1 aliphatic rings. The molecular formula is C14H19NSi. The minimum Gasteiger partial charge on any atom is -0.372 e. The smallest absolute Gasteiger partial charge is 0.117 e. The summed E-state index contributed by atoms with van der Waals surface area (Å²) in [5.74, 6) is 3.28. The summed E-state index contributed by atoms with van der Waals surface area (Å²) in [7, 11) is 1.42. The van der Waals surface area contributed by atoms with Crippen LogP contribution in [0.25, 0.3) is 0 Å². The van der Waals surface area contributed by atoms with Crippen LogP contribution in [0.1, 0.15) is 18.4 Å². The molecule has 1 aromatic rings. The average Bonchev–Trinajstić information content (AvgIpc) is 3.09. The van der Waals surface area contributed by atoms with Gasteiger partial charge in [-0.05, 0) is 31.0 Å². The molecule has 1 fully saturated rings. The molecule has 1 saturated carbocycles. The Labute approximate surface area is 100 Å². The van der Waals surface area contributed by atoms with E-state index in [9.17, 15) is 0 Å². The first-order valence-corrected chi connectivity index (χ1v) is 8.90. The highest BCUT2D eigenvalue weighted by Crippen LogP contribution is 2.30. The molecule has 0 saturated heterocycles. The lowest BCUT2D eigenvalue weighted by Gasteiger charge is -2.18. The Bertz CT molecular complexity index is 424. The zero-order valence-electron chi connectivity index (χ0n) is 10.3. The summed E-state index contributed by atoms with van der Waals surface area (Å²) in [6, 6.07) is 9.37. The van der Waals surface area contributed by atoms with Crippen molar-refractivity contribution >= 4 is 14.5 Å². The van der Waals surface area contributed by atoms with E-state index in [0.717, 1.165) is 11.6 Å². The normalized spacial score (nSPS) is 14.5. The lowest BCUT2D eigenvalue weighted by Crippen LogP contribution is -2.19. The summed E-state index contributed by atoms with van der Waals surface area (Å²) in [4.78, 5) is 2.37. The minimum atomic E-state index is -0.763. The van der Waals surface area contributed by atoms with Crippen LogP contribution in [0.5, 0.6) is 0 Å². The lowest BCUT2D eigenvalue weighted by atomic mass is 10.2. The van der Waals surface area contributed by atoms with Crippen LogP contribution in [0.3, 0.4) is 0 Å². The van der Waals surface area contributed by atoms with Gasteiger partial charge in [-0.25, -0.2) is 0 Å². The third kappa shape index (κ3) is 2.90. The fourth-order valence-electron chi connectivity index (χ4n) is 1.70. The van der Waals surface area contributed by atoms with Gasteiger partial charge < -0.3 is 4.90 Å². The molecule has 1 nitrogen and oxygen atoms in total. The standard InChI is InChI=1S/C14H19NSi/c1-15(13-7-8-13)14-6-4-5-12(11-14)9-10-16(2)3/h4-6,11,13,16H,7-8H2,1-3H3. The molecule has 0 N–H and O–H groups in total. The van der Waals surface area contributed by atoms with Crippen molar-refractivity contribution in [3.8, 4) is 11.5 Å². The van der Waals surface area contributed by atoms with E-state index in [1.54, 1.807) is 0 Å². The van der Waals surface area contributed by atoms with Crippen LogP contribution < -0.4 is 4.90 Å². The van der Waals surface area contributed by atoms with Crippen molar-refractivity contribution in [3.63, 3.8) is 0 Å². The van der Waals surface area contributed by atoms with E-state index in [2.05, 4.69) is 60.8 Å². The molecule has 0 atom stereocenters. The molecule has 0 radical (unpaired) electrons. The highest BCUT2D eigenvalue weighted by Gasteiger charge is 2.26. The second-order valence-corrected chi connectivity index (χ2v) is 7.41. The largest absolute Gasteiger partial charge is 0.372 e. The second kappa shape index (κ2) is 4.76. The van der Waals surface area contributed by atoms with Crippen LogP contribution in [0.2, 0.25) is 13.1 Å². The predicted octanol–water partition coefficient (Wildman–Crippen LogP) is 2.66. The van der Waals surface area contributed by atoms with E-state index in [1.165, 1.54) is 18.5 Å². The summed E-state index contributed by atoms with van der Waals surface area (Å²) >= 11 is 0. The van der Waals surface area contributed by atoms with Crippen LogP contribution in [0.15, 0.2) is 24.3 Å². The Kier molecular flexibility index (Phi) is 3.35. The molecular weight excluding hydrogens is 210 g/mol. The van der Waals surface area contributed by atoms with Gasteiger partial charge in [-0.2, -0.15) is 0 Å². The first-order valence-electron chi connectivity index (χ1n) is 6.01. The predicted molar refractivity (Wildman–Crippen MR) is 73.6 cm³/mol. The number of hydrogen-bond acceptors (Lipinski definition) is 1. The number of anilines is 1. The van der Waals surface area contributed by atoms with Gasteiger partial charge in [0.2, 0.25) is 0 Å². The van der Waals surface area contributed by atoms with E-state index in [0.29, 0.717) is 0 Å². The summed E-state index contributed by atoms with van der Waals surface area (Å²) in [5, 5.41) is 0. The highest BCUT2D eigenvalue weighted by atomic mass is 28.3. The number of hydrogen-bond donors (Lipinski definition) is 0. The van der Waals surface area contributed by atoms with Crippen LogP contribution in [0, 0.1) is 11.5 Å². The molecule has 84 valence electrons. The van der Waals surface area contributed by atoms with Crippen LogP contribution in [0.4, 0.5) is 5.69 Å². The maximum atomic E-state index is 3.34. The molecule has 0 unspecified atom stereocenters. The van der Waals surface area contributed by atoms with Crippen LogP contribution >= 0.6 is 0 Å². The van der Waals surface area contributed by atoms with Gasteiger partial charge >= 0.3 is 0 Å². The molecule has 0 aliphatic heterocycles. The zero-order chi connectivity index (χ0) is 11.5. The fourth-order valence-corrected chi connectivity index (χ4v) is 2.16. The van der Waals surface area contributed by atoms with E-state index < -0.39 is 8.80 Å². The Morgan fingerprint density at radius 2 is 2.06 bits per heavy atom. The van der Waals surface area contributed by atoms with Gasteiger partial charge in [0.1, 0.15) is 8.80 Å². The summed E-state index contributed by atoms with van der Waals surface area (Å²) in [6.07, 6.45) is 2.68. The Balaban J connectivity index is 2.16. The van der Waals surface area contributed by atoms with Crippen LogP contribution in [-0.2, 0) is 0 Å². The molecule has 0 amide bonds. The van der Waals surface area contributed by atoms with Crippen molar-refractivity contribution in [2.24, 2.45) is 0 Å². The first-order chi connectivity index (χ1) is 7.66. The first kappa shape index (κ1) is 11.3. The third-order valence-corrected chi connectivity index (χ3v) is 3.57. The van der Waals surface area contributed by atoms with Gasteiger partial charge in [-0.15, -0.1) is 5.54 Å². The van der Waals surface area contributed by atoms with Crippen molar-refractivity contribution in [1.29, 1.82) is 0 Å². The van der Waals surface area contributed by atoms with Gasteiger partial charge in [0.15, 0.2) is 0 Å². The summed E-state index contributed by atoms with van der Waals surface area (Å²) < 4.78 is 0. The molecule has 0 bridgehead atoms. The van der Waals surface area contributed by atoms with Crippen molar-refractivity contribution in [2.45, 2.75) is 32.0 Å². The number of rotatable bonds is 2. The van der Waals surface area contributed by atoms with E-state index in [-0.39, 0.29) is 0 Å². The van der Waals surface area contributed by atoms with Gasteiger partial charge in [0.25, 0.3) is 0 Å². The Morgan fingerprint density at radius 1 is 1.31 bits per heavy atom. The van der Waals surface area contributed by atoms with Crippen LogP contribution in [-0.4, -0.2) is 21.9 Å². The molecule has 16 heavy (non-hydrogen) atoms. The SMILES string of the molecule is CN(c1cccc(C#C[SiH](C)C)c1)C1CC1. The Morgan fingerprint density at radius 3 is 2.69 bits per heavy atom. The maximum Gasteiger partial charge on any atom is 0.117 e. The van der Waals surface area contributed by atoms with Crippen molar-refractivity contribution in [3.05, 3.63) is 29.8 Å². The molecule has 2 heteroatoms.